The molecule has 0 radical (unpaired) electrons. The van der Waals surface area contributed by atoms with Gasteiger partial charge in [0.15, 0.2) is 5.82 Å². The van der Waals surface area contributed by atoms with Gasteiger partial charge < -0.3 is 5.32 Å². The Morgan fingerprint density at radius 3 is 2.53 bits per heavy atom. The van der Waals surface area contributed by atoms with E-state index in [1.807, 2.05) is 54.5 Å². The molecule has 4 heteroatoms. The molecule has 1 aromatic carbocycles. The summed E-state index contributed by atoms with van der Waals surface area (Å²) < 4.78 is 0. The van der Waals surface area contributed by atoms with Crippen LogP contribution >= 0.6 is 11.8 Å². The van der Waals surface area contributed by atoms with E-state index in [2.05, 4.69) is 22.2 Å². The number of nitrogens with zero attached hydrogens (tertiary/aromatic N) is 2. The largest absolute Gasteiger partial charge is 0.379 e. The van der Waals surface area contributed by atoms with Crippen molar-refractivity contribution in [2.24, 2.45) is 0 Å². The van der Waals surface area contributed by atoms with E-state index in [1.165, 1.54) is 12.2 Å². The third-order valence-electron chi connectivity index (χ3n) is 3.25. The van der Waals surface area contributed by atoms with E-state index in [0.29, 0.717) is 6.04 Å². The van der Waals surface area contributed by atoms with E-state index < -0.39 is 0 Å². The summed E-state index contributed by atoms with van der Waals surface area (Å²) >= 11 is 2.02. The highest BCUT2D eigenvalue weighted by Crippen LogP contribution is 2.28. The van der Waals surface area contributed by atoms with Crippen LogP contribution in [-0.2, 0) is 0 Å². The predicted octanol–water partition coefficient (Wildman–Crippen LogP) is 3.45. The molecule has 3 rings (SSSR count). The van der Waals surface area contributed by atoms with Crippen LogP contribution in [0.25, 0.3) is 11.4 Å². The predicted molar refractivity (Wildman–Crippen MR) is 81.4 cm³/mol. The van der Waals surface area contributed by atoms with Gasteiger partial charge in [-0.1, -0.05) is 37.3 Å². The van der Waals surface area contributed by atoms with Crippen molar-refractivity contribution < 1.29 is 0 Å². The summed E-state index contributed by atoms with van der Waals surface area (Å²) in [5.41, 5.74) is 2.07. The Labute approximate surface area is 117 Å². The topological polar surface area (TPSA) is 37.8 Å². The second-order valence-corrected chi connectivity index (χ2v) is 6.35. The van der Waals surface area contributed by atoms with Crippen LogP contribution in [0.5, 0.6) is 0 Å². The first-order valence-corrected chi connectivity index (χ1v) is 7.62. The lowest BCUT2D eigenvalue weighted by atomic mass is 10.2. The summed E-state index contributed by atoms with van der Waals surface area (Å²) in [7, 11) is 0. The molecule has 1 aliphatic heterocycles. The van der Waals surface area contributed by atoms with Crippen LogP contribution in [0, 0.1) is 0 Å². The number of hydrogen-bond donors (Lipinski definition) is 1. The third kappa shape index (κ3) is 3.07. The van der Waals surface area contributed by atoms with Crippen molar-refractivity contribution in [1.29, 1.82) is 0 Å². The summed E-state index contributed by atoms with van der Waals surface area (Å²) in [5.74, 6) is 1.95. The Hall–Kier alpha value is -1.55. The van der Waals surface area contributed by atoms with E-state index >= 15 is 0 Å². The summed E-state index contributed by atoms with van der Waals surface area (Å²) in [6.45, 7) is 2.28. The van der Waals surface area contributed by atoms with Gasteiger partial charge in [0.2, 0.25) is 0 Å². The maximum atomic E-state index is 4.43. The fourth-order valence-corrected chi connectivity index (χ4v) is 3.44. The second-order valence-electron chi connectivity index (χ2n) is 4.88. The number of anilines is 1. The molecule has 1 N–H and O–H groups in total. The van der Waals surface area contributed by atoms with Crippen LogP contribution in [0.15, 0.2) is 42.7 Å². The Kier molecular flexibility index (Phi) is 3.69. The van der Waals surface area contributed by atoms with Crippen molar-refractivity contribution in [3.05, 3.63) is 42.7 Å². The van der Waals surface area contributed by atoms with Gasteiger partial charge in [0.05, 0.1) is 18.1 Å². The van der Waals surface area contributed by atoms with Crippen molar-refractivity contribution in [1.82, 2.24) is 9.97 Å². The fourth-order valence-electron chi connectivity index (χ4n) is 2.29. The highest BCUT2D eigenvalue weighted by Gasteiger charge is 2.21. The number of rotatable bonds is 3. The molecule has 0 amide bonds. The molecule has 2 atom stereocenters. The average Bonchev–Trinajstić information content (AvgIpc) is 2.86. The van der Waals surface area contributed by atoms with Gasteiger partial charge in [-0.05, 0) is 6.42 Å². The van der Waals surface area contributed by atoms with Crippen molar-refractivity contribution in [2.75, 3.05) is 11.1 Å². The molecule has 1 aromatic heterocycles. The SMILES string of the molecule is CC1CC(Nc2cnc(-c3ccccc3)nc2)CS1. The monoisotopic (exact) mass is 271 g/mol. The Balaban J connectivity index is 1.69. The minimum Gasteiger partial charge on any atom is -0.379 e. The lowest BCUT2D eigenvalue weighted by Crippen LogP contribution is -2.19. The molecule has 2 aromatic rings. The Bertz CT molecular complexity index is 527. The van der Waals surface area contributed by atoms with Crippen LogP contribution in [-0.4, -0.2) is 27.0 Å². The maximum Gasteiger partial charge on any atom is 0.159 e. The molecular weight excluding hydrogens is 254 g/mol. The van der Waals surface area contributed by atoms with Gasteiger partial charge in [-0.15, -0.1) is 0 Å². The van der Waals surface area contributed by atoms with Crippen LogP contribution in [0.1, 0.15) is 13.3 Å². The molecule has 98 valence electrons. The zero-order valence-corrected chi connectivity index (χ0v) is 11.7. The van der Waals surface area contributed by atoms with Crippen molar-refractivity contribution in [2.45, 2.75) is 24.6 Å². The molecule has 1 aliphatic rings. The molecule has 2 heterocycles. The van der Waals surface area contributed by atoms with Gasteiger partial charge in [-0.3, -0.25) is 0 Å². The van der Waals surface area contributed by atoms with Gasteiger partial charge in [0.25, 0.3) is 0 Å². The zero-order valence-electron chi connectivity index (χ0n) is 10.9. The normalized spacial score (nSPS) is 22.4. The second kappa shape index (κ2) is 5.61. The Morgan fingerprint density at radius 2 is 1.89 bits per heavy atom. The summed E-state index contributed by atoms with van der Waals surface area (Å²) in [6.07, 6.45) is 4.97. The quantitative estimate of drug-likeness (QED) is 0.928. The minimum absolute atomic E-state index is 0.547. The van der Waals surface area contributed by atoms with E-state index in [1.54, 1.807) is 0 Å². The van der Waals surface area contributed by atoms with E-state index in [4.69, 9.17) is 0 Å². The summed E-state index contributed by atoms with van der Waals surface area (Å²) in [5, 5.41) is 4.26. The van der Waals surface area contributed by atoms with Crippen molar-refractivity contribution >= 4 is 17.4 Å². The number of thioether (sulfide) groups is 1. The molecule has 0 bridgehead atoms. The smallest absolute Gasteiger partial charge is 0.159 e. The van der Waals surface area contributed by atoms with Crippen molar-refractivity contribution in [3.63, 3.8) is 0 Å². The lowest BCUT2D eigenvalue weighted by Gasteiger charge is -2.12. The molecule has 1 fully saturated rings. The first kappa shape index (κ1) is 12.5. The number of nitrogens with one attached hydrogen (secondary N) is 1. The molecule has 1 saturated heterocycles. The third-order valence-corrected chi connectivity index (χ3v) is 4.61. The van der Waals surface area contributed by atoms with Crippen LogP contribution < -0.4 is 5.32 Å². The van der Waals surface area contributed by atoms with Gasteiger partial charge in [-0.2, -0.15) is 11.8 Å². The van der Waals surface area contributed by atoms with E-state index in [9.17, 15) is 0 Å². The Morgan fingerprint density at radius 1 is 1.16 bits per heavy atom. The molecule has 0 aliphatic carbocycles. The lowest BCUT2D eigenvalue weighted by molar-refractivity contribution is 0.746. The maximum absolute atomic E-state index is 4.43. The van der Waals surface area contributed by atoms with Gasteiger partial charge in [0, 0.05) is 22.6 Å². The molecule has 2 unspecified atom stereocenters. The standard InChI is InChI=1S/C15H17N3S/c1-11-7-13(10-19-11)18-14-8-16-15(17-9-14)12-5-3-2-4-6-12/h2-6,8-9,11,13,18H,7,10H2,1H3. The molecular formula is C15H17N3S. The van der Waals surface area contributed by atoms with Gasteiger partial charge >= 0.3 is 0 Å². The molecule has 0 spiro atoms. The van der Waals surface area contributed by atoms with Crippen LogP contribution in [0.3, 0.4) is 0 Å². The zero-order chi connectivity index (χ0) is 13.1. The van der Waals surface area contributed by atoms with Crippen LogP contribution in [0.4, 0.5) is 5.69 Å². The highest BCUT2D eigenvalue weighted by atomic mass is 32.2. The van der Waals surface area contributed by atoms with Crippen molar-refractivity contribution in [3.8, 4) is 11.4 Å². The number of hydrogen-bond acceptors (Lipinski definition) is 4. The number of aromatic nitrogens is 2. The first-order valence-electron chi connectivity index (χ1n) is 6.57. The number of benzene rings is 1. The van der Waals surface area contributed by atoms with Crippen LogP contribution in [0.2, 0.25) is 0 Å². The minimum atomic E-state index is 0.547. The van der Waals surface area contributed by atoms with E-state index in [0.717, 1.165) is 22.3 Å². The average molecular weight is 271 g/mol. The highest BCUT2D eigenvalue weighted by molar-refractivity contribution is 8.00. The van der Waals surface area contributed by atoms with E-state index in [-0.39, 0.29) is 0 Å². The van der Waals surface area contributed by atoms with Gasteiger partial charge in [0.1, 0.15) is 0 Å². The molecule has 19 heavy (non-hydrogen) atoms. The molecule has 3 nitrogen and oxygen atoms in total. The molecule has 0 saturated carbocycles. The summed E-state index contributed by atoms with van der Waals surface area (Å²) in [4.78, 5) is 8.86. The summed E-state index contributed by atoms with van der Waals surface area (Å²) in [6, 6.07) is 10.6. The van der Waals surface area contributed by atoms with Gasteiger partial charge in [-0.25, -0.2) is 9.97 Å². The fraction of sp³-hybridized carbons (Fsp3) is 0.333. The first-order chi connectivity index (χ1) is 9.31.